The molecule has 3 aromatic rings. The fourth-order valence-corrected chi connectivity index (χ4v) is 4.70. The summed E-state index contributed by atoms with van der Waals surface area (Å²) in [6.07, 6.45) is -4.41. The topological polar surface area (TPSA) is 127 Å². The molecule has 1 atom stereocenters. The zero-order chi connectivity index (χ0) is 20.8. The van der Waals surface area contributed by atoms with Gasteiger partial charge in [-0.25, -0.2) is 18.7 Å². The second-order valence-corrected chi connectivity index (χ2v) is 8.05. The van der Waals surface area contributed by atoms with Crippen molar-refractivity contribution in [3.63, 3.8) is 0 Å². The number of rotatable bonds is 3. The van der Waals surface area contributed by atoms with E-state index in [0.29, 0.717) is 18.5 Å². The van der Waals surface area contributed by atoms with Crippen molar-refractivity contribution in [2.75, 3.05) is 11.9 Å². The molecular weight excluding hydrogens is 409 g/mol. The molecule has 0 aliphatic carbocycles. The summed E-state index contributed by atoms with van der Waals surface area (Å²) in [7, 11) is -4.76. The first-order valence-corrected chi connectivity index (χ1v) is 10.1. The Kier molecular flexibility index (Phi) is 4.54. The molecule has 8 nitrogen and oxygen atoms in total. The van der Waals surface area contributed by atoms with Crippen LogP contribution in [0.1, 0.15) is 29.0 Å². The number of nitrogens with one attached hydrogen (secondary N) is 2. The summed E-state index contributed by atoms with van der Waals surface area (Å²) in [5, 5.41) is 21.3. The highest BCUT2D eigenvalue weighted by Crippen LogP contribution is 2.45. The Morgan fingerprint density at radius 3 is 2.52 bits per heavy atom. The van der Waals surface area contributed by atoms with Crippen LogP contribution < -0.4 is 10.5 Å². The number of aromatic amines is 1. The lowest BCUT2D eigenvalue weighted by atomic mass is 9.82. The van der Waals surface area contributed by atoms with Crippen molar-refractivity contribution in [2.24, 2.45) is 5.14 Å². The van der Waals surface area contributed by atoms with Crippen LogP contribution in [0.25, 0.3) is 11.4 Å². The summed E-state index contributed by atoms with van der Waals surface area (Å²) in [5.41, 5.74) is 0.357. The number of nitrogens with two attached hydrogens (primary N) is 1. The number of benzene rings is 2. The van der Waals surface area contributed by atoms with Crippen LogP contribution in [0.3, 0.4) is 0 Å². The maximum atomic E-state index is 13.6. The standard InChI is InChI=1S/C17H15F3N6O2S/c18-17(19,20)12-6-5-11(9-7-8-22-13-4-2-1-3-10(9)13)14(15(12)29(21,27)28)16-23-25-26-24-16/h1-6,9,22H,7-8H2,(H2,21,27,28)(H,23,24,25,26). The lowest BCUT2D eigenvalue weighted by molar-refractivity contribution is -0.139. The number of H-pyrrole nitrogens is 1. The number of anilines is 1. The number of nitrogens with zero attached hydrogens (tertiary/aromatic N) is 3. The zero-order valence-corrected chi connectivity index (χ0v) is 15.5. The second kappa shape index (κ2) is 6.81. The van der Waals surface area contributed by atoms with Crippen LogP contribution in [0.4, 0.5) is 18.9 Å². The number of halogens is 3. The average molecular weight is 424 g/mol. The highest BCUT2D eigenvalue weighted by atomic mass is 32.2. The number of aromatic nitrogens is 4. The Bertz CT molecular complexity index is 1160. The predicted molar refractivity (Wildman–Crippen MR) is 97.4 cm³/mol. The van der Waals surface area contributed by atoms with E-state index in [9.17, 15) is 21.6 Å². The molecule has 4 rings (SSSR count). The first-order valence-electron chi connectivity index (χ1n) is 8.51. The monoisotopic (exact) mass is 424 g/mol. The van der Waals surface area contributed by atoms with Gasteiger partial charge in [-0.3, -0.25) is 0 Å². The van der Waals surface area contributed by atoms with Gasteiger partial charge < -0.3 is 5.32 Å². The molecule has 2 aromatic carbocycles. The number of sulfonamides is 1. The lowest BCUT2D eigenvalue weighted by Gasteiger charge is -2.29. The molecule has 1 unspecified atom stereocenters. The summed E-state index contributed by atoms with van der Waals surface area (Å²) >= 11 is 0. The van der Waals surface area contributed by atoms with Crippen molar-refractivity contribution in [3.8, 4) is 11.4 Å². The summed E-state index contributed by atoms with van der Waals surface area (Å²) < 4.78 is 65.4. The molecule has 4 N–H and O–H groups in total. The molecule has 29 heavy (non-hydrogen) atoms. The molecule has 152 valence electrons. The van der Waals surface area contributed by atoms with Gasteiger partial charge in [0, 0.05) is 23.7 Å². The maximum Gasteiger partial charge on any atom is 0.417 e. The average Bonchev–Trinajstić information content (AvgIpc) is 3.19. The second-order valence-electron chi connectivity index (χ2n) is 6.55. The van der Waals surface area contributed by atoms with Crippen LogP contribution >= 0.6 is 0 Å². The van der Waals surface area contributed by atoms with Crippen LogP contribution in [0.5, 0.6) is 0 Å². The molecule has 1 aliphatic heterocycles. The van der Waals surface area contributed by atoms with Crippen molar-refractivity contribution < 1.29 is 21.6 Å². The van der Waals surface area contributed by atoms with Gasteiger partial charge in [0.25, 0.3) is 0 Å². The van der Waals surface area contributed by atoms with E-state index >= 15 is 0 Å². The van der Waals surface area contributed by atoms with E-state index in [4.69, 9.17) is 5.14 Å². The number of tetrazole rings is 1. The number of hydrogen-bond donors (Lipinski definition) is 3. The third-order valence-corrected chi connectivity index (χ3v) is 5.82. The Balaban J connectivity index is 2.07. The predicted octanol–water partition coefficient (Wildman–Crippen LogP) is 2.48. The third kappa shape index (κ3) is 3.44. The molecule has 2 heterocycles. The number of alkyl halides is 3. The third-order valence-electron chi connectivity index (χ3n) is 4.82. The molecule has 0 bridgehead atoms. The summed E-state index contributed by atoms with van der Waals surface area (Å²) in [6, 6.07) is 9.33. The maximum absolute atomic E-state index is 13.6. The summed E-state index contributed by atoms with van der Waals surface area (Å²) in [5.74, 6) is -0.582. The minimum atomic E-state index is -4.94. The molecule has 0 fully saturated rings. The van der Waals surface area contributed by atoms with Crippen molar-refractivity contribution >= 4 is 15.7 Å². The quantitative estimate of drug-likeness (QED) is 0.593. The molecule has 0 saturated carbocycles. The van der Waals surface area contributed by atoms with Crippen molar-refractivity contribution in [3.05, 3.63) is 53.1 Å². The van der Waals surface area contributed by atoms with E-state index < -0.39 is 26.7 Å². The van der Waals surface area contributed by atoms with Gasteiger partial charge in [-0.2, -0.15) is 13.2 Å². The van der Waals surface area contributed by atoms with Crippen LogP contribution in [-0.2, 0) is 16.2 Å². The molecular formula is C17H15F3N6O2S. The normalized spacial score (nSPS) is 16.9. The molecule has 0 amide bonds. The number of hydrogen-bond acceptors (Lipinski definition) is 6. The van der Waals surface area contributed by atoms with Crippen molar-refractivity contribution in [1.29, 1.82) is 0 Å². The first kappa shape index (κ1) is 19.3. The molecule has 1 aromatic heterocycles. The Morgan fingerprint density at radius 2 is 1.86 bits per heavy atom. The molecule has 0 spiro atoms. The summed E-state index contributed by atoms with van der Waals surface area (Å²) in [6.45, 7) is 0.557. The van der Waals surface area contributed by atoms with E-state index in [1.54, 1.807) is 6.07 Å². The Hall–Kier alpha value is -2.99. The van der Waals surface area contributed by atoms with Gasteiger partial charge in [-0.15, -0.1) is 5.10 Å². The van der Waals surface area contributed by atoms with Crippen LogP contribution in [0, 0.1) is 0 Å². The minimum Gasteiger partial charge on any atom is -0.385 e. The smallest absolute Gasteiger partial charge is 0.385 e. The van der Waals surface area contributed by atoms with Crippen LogP contribution in [0.15, 0.2) is 41.3 Å². The Morgan fingerprint density at radius 1 is 1.10 bits per heavy atom. The number of para-hydroxylation sites is 1. The fraction of sp³-hybridized carbons (Fsp3) is 0.235. The van der Waals surface area contributed by atoms with E-state index in [2.05, 4.69) is 25.9 Å². The van der Waals surface area contributed by atoms with Crippen LogP contribution in [-0.4, -0.2) is 35.6 Å². The molecule has 0 radical (unpaired) electrons. The first-order chi connectivity index (χ1) is 13.7. The minimum absolute atomic E-state index is 0.203. The number of primary sulfonamides is 1. The van der Waals surface area contributed by atoms with Crippen molar-refractivity contribution in [1.82, 2.24) is 20.6 Å². The number of fused-ring (bicyclic) bond motifs is 1. The van der Waals surface area contributed by atoms with Gasteiger partial charge in [0.1, 0.15) is 4.90 Å². The van der Waals surface area contributed by atoms with E-state index in [0.717, 1.165) is 17.3 Å². The highest BCUT2D eigenvalue weighted by Gasteiger charge is 2.40. The van der Waals surface area contributed by atoms with Gasteiger partial charge in [0.2, 0.25) is 10.0 Å². The molecule has 0 saturated heterocycles. The van der Waals surface area contributed by atoms with Gasteiger partial charge in [-0.1, -0.05) is 24.3 Å². The zero-order valence-electron chi connectivity index (χ0n) is 14.7. The summed E-state index contributed by atoms with van der Waals surface area (Å²) in [4.78, 5) is -1.04. The SMILES string of the molecule is NS(=O)(=O)c1c(C(F)(F)F)ccc(C2CCNc3ccccc32)c1-c1nnn[nH]1. The molecule has 1 aliphatic rings. The Labute approximate surface area is 163 Å². The lowest BCUT2D eigenvalue weighted by Crippen LogP contribution is -2.23. The van der Waals surface area contributed by atoms with Crippen LogP contribution in [0.2, 0.25) is 0 Å². The fourth-order valence-electron chi connectivity index (χ4n) is 3.71. The highest BCUT2D eigenvalue weighted by molar-refractivity contribution is 7.89. The van der Waals surface area contributed by atoms with Gasteiger partial charge in [-0.05, 0) is 40.1 Å². The largest absolute Gasteiger partial charge is 0.417 e. The van der Waals surface area contributed by atoms with E-state index in [-0.39, 0.29) is 17.3 Å². The van der Waals surface area contributed by atoms with Gasteiger partial charge in [0.15, 0.2) is 5.82 Å². The van der Waals surface area contributed by atoms with Crippen molar-refractivity contribution in [2.45, 2.75) is 23.4 Å². The van der Waals surface area contributed by atoms with E-state index in [1.807, 2.05) is 18.2 Å². The molecule has 12 heteroatoms. The van der Waals surface area contributed by atoms with Gasteiger partial charge in [0.05, 0.1) is 5.56 Å². The van der Waals surface area contributed by atoms with Gasteiger partial charge >= 0.3 is 6.18 Å². The van der Waals surface area contributed by atoms with E-state index in [1.165, 1.54) is 6.07 Å².